The van der Waals surface area contributed by atoms with Gasteiger partial charge in [-0.1, -0.05) is 81.4 Å². The minimum Gasteiger partial charge on any atom is -0.489 e. The Hall–Kier alpha value is -3.86. The quantitative estimate of drug-likeness (QED) is 0.435. The number of hydrogen-bond donors (Lipinski definition) is 1. The van der Waals surface area contributed by atoms with Gasteiger partial charge in [0.05, 0.1) is 17.4 Å². The molecular formula is C31H32N2O3. The number of allylic oxidation sites excluding steroid dienone is 1. The van der Waals surface area contributed by atoms with Crippen LogP contribution in [0.15, 0.2) is 90.1 Å². The van der Waals surface area contributed by atoms with Crippen LogP contribution in [0.4, 0.5) is 11.4 Å². The zero-order valence-corrected chi connectivity index (χ0v) is 21.1. The molecule has 0 fully saturated rings. The molecule has 3 aromatic carbocycles. The van der Waals surface area contributed by atoms with E-state index in [0.717, 1.165) is 34.6 Å². The number of rotatable bonds is 5. The number of carbonyl (C=O) groups is 2. The maximum Gasteiger partial charge on any atom is 0.227 e. The molecule has 5 rings (SSSR count). The number of ether oxygens (including phenoxy) is 1. The smallest absolute Gasteiger partial charge is 0.227 e. The van der Waals surface area contributed by atoms with E-state index >= 15 is 0 Å². The average Bonchev–Trinajstić information content (AvgIpc) is 3.01. The van der Waals surface area contributed by atoms with Crippen LogP contribution in [0.25, 0.3) is 0 Å². The summed E-state index contributed by atoms with van der Waals surface area (Å²) in [4.78, 5) is 29.2. The van der Waals surface area contributed by atoms with Gasteiger partial charge in [0.1, 0.15) is 12.4 Å². The van der Waals surface area contributed by atoms with Crippen molar-refractivity contribution in [3.05, 3.63) is 101 Å². The van der Waals surface area contributed by atoms with Gasteiger partial charge in [-0.05, 0) is 35.6 Å². The monoisotopic (exact) mass is 480 g/mol. The molecule has 1 aliphatic carbocycles. The van der Waals surface area contributed by atoms with E-state index in [9.17, 15) is 9.59 Å². The third-order valence-corrected chi connectivity index (χ3v) is 6.92. The molecule has 1 aliphatic heterocycles. The highest BCUT2D eigenvalue weighted by Crippen LogP contribution is 2.49. The van der Waals surface area contributed by atoms with E-state index < -0.39 is 6.04 Å². The third-order valence-electron chi connectivity index (χ3n) is 6.92. The van der Waals surface area contributed by atoms with Crippen molar-refractivity contribution in [2.45, 2.75) is 52.7 Å². The third kappa shape index (κ3) is 4.53. The fourth-order valence-electron chi connectivity index (χ4n) is 5.30. The first-order valence-corrected chi connectivity index (χ1v) is 12.6. The molecule has 0 saturated carbocycles. The Morgan fingerprint density at radius 3 is 2.44 bits per heavy atom. The van der Waals surface area contributed by atoms with Gasteiger partial charge in [-0.15, -0.1) is 0 Å². The summed E-state index contributed by atoms with van der Waals surface area (Å²) in [5, 5.41) is 3.56. The fourth-order valence-corrected chi connectivity index (χ4v) is 5.30. The molecule has 3 aromatic rings. The first-order valence-electron chi connectivity index (χ1n) is 12.6. The number of Topliss-reactive ketones (excluding diaryl/α,β-unsaturated/α-hetero) is 1. The molecule has 0 spiro atoms. The lowest BCUT2D eigenvalue weighted by molar-refractivity contribution is -0.119. The number of benzene rings is 3. The maximum absolute atomic E-state index is 13.8. The van der Waals surface area contributed by atoms with E-state index in [0.29, 0.717) is 30.8 Å². The molecule has 0 bridgehead atoms. The lowest BCUT2D eigenvalue weighted by Gasteiger charge is -2.37. The van der Waals surface area contributed by atoms with Crippen LogP contribution in [0.3, 0.4) is 0 Å². The van der Waals surface area contributed by atoms with Crippen LogP contribution >= 0.6 is 0 Å². The van der Waals surface area contributed by atoms with Gasteiger partial charge in [0.2, 0.25) is 5.91 Å². The molecule has 0 radical (unpaired) electrons. The highest BCUT2D eigenvalue weighted by molar-refractivity contribution is 6.06. The molecule has 0 saturated heterocycles. The maximum atomic E-state index is 13.8. The second-order valence-electron chi connectivity index (χ2n) is 10.3. The molecule has 0 aromatic heterocycles. The molecule has 5 heteroatoms. The second-order valence-corrected chi connectivity index (χ2v) is 10.3. The molecule has 1 atom stereocenters. The van der Waals surface area contributed by atoms with E-state index in [1.54, 1.807) is 4.90 Å². The van der Waals surface area contributed by atoms with E-state index in [4.69, 9.17) is 4.74 Å². The predicted molar refractivity (Wildman–Crippen MR) is 143 cm³/mol. The molecular weight excluding hydrogens is 448 g/mol. The molecule has 184 valence electrons. The number of nitrogens with zero attached hydrogens (tertiary/aromatic N) is 1. The molecule has 0 unspecified atom stereocenters. The Kier molecular flexibility index (Phi) is 6.40. The number of fused-ring (bicyclic) bond motifs is 1. The number of nitrogens with one attached hydrogen (secondary N) is 1. The van der Waals surface area contributed by atoms with Crippen LogP contribution < -0.4 is 15.0 Å². The summed E-state index contributed by atoms with van der Waals surface area (Å²) < 4.78 is 6.33. The first-order chi connectivity index (χ1) is 17.4. The van der Waals surface area contributed by atoms with E-state index in [2.05, 4.69) is 19.2 Å². The number of amides is 1. The van der Waals surface area contributed by atoms with Crippen molar-refractivity contribution in [3.63, 3.8) is 0 Å². The van der Waals surface area contributed by atoms with Crippen molar-refractivity contribution in [1.29, 1.82) is 0 Å². The molecule has 1 N–H and O–H groups in total. The van der Waals surface area contributed by atoms with Crippen LogP contribution in [-0.4, -0.2) is 11.7 Å². The van der Waals surface area contributed by atoms with Crippen molar-refractivity contribution in [2.75, 3.05) is 10.2 Å². The lowest BCUT2D eigenvalue weighted by atomic mass is 9.73. The van der Waals surface area contributed by atoms with Crippen molar-refractivity contribution >= 4 is 23.1 Å². The minimum atomic E-state index is -0.584. The summed E-state index contributed by atoms with van der Waals surface area (Å²) in [6.45, 7) is 6.50. The van der Waals surface area contributed by atoms with Gasteiger partial charge in [-0.3, -0.25) is 14.5 Å². The van der Waals surface area contributed by atoms with E-state index in [1.165, 1.54) is 0 Å². The van der Waals surface area contributed by atoms with Gasteiger partial charge in [-0.2, -0.15) is 0 Å². The largest absolute Gasteiger partial charge is 0.489 e. The number of hydrogen-bond acceptors (Lipinski definition) is 4. The molecule has 1 heterocycles. The standard InChI is InChI=1S/C31H32N2O3/c1-4-28(35)33-25-16-10-9-15-23(25)32-24-18-31(2,3)19-26(34)29(24)30(33)22-14-8-11-17-27(22)36-20-21-12-6-5-7-13-21/h5-17,30,32H,4,18-20H2,1-3H3/t30-/m0/s1. The molecule has 1 amide bonds. The summed E-state index contributed by atoms with van der Waals surface area (Å²) in [6, 6.07) is 25.0. The highest BCUT2D eigenvalue weighted by Gasteiger charge is 2.43. The second kappa shape index (κ2) is 9.65. The van der Waals surface area contributed by atoms with Gasteiger partial charge in [-0.25, -0.2) is 0 Å². The Morgan fingerprint density at radius 1 is 0.972 bits per heavy atom. The zero-order chi connectivity index (χ0) is 25.3. The van der Waals surface area contributed by atoms with Gasteiger partial charge in [0, 0.05) is 29.7 Å². The zero-order valence-electron chi connectivity index (χ0n) is 21.1. The van der Waals surface area contributed by atoms with Crippen molar-refractivity contribution in [3.8, 4) is 5.75 Å². The fraction of sp³-hybridized carbons (Fsp3) is 0.290. The van der Waals surface area contributed by atoms with Crippen molar-refractivity contribution in [1.82, 2.24) is 0 Å². The summed E-state index contributed by atoms with van der Waals surface area (Å²) >= 11 is 0. The van der Waals surface area contributed by atoms with Crippen LogP contribution in [0, 0.1) is 5.41 Å². The summed E-state index contributed by atoms with van der Waals surface area (Å²) in [5.74, 6) is 0.695. The summed E-state index contributed by atoms with van der Waals surface area (Å²) in [5.41, 5.74) is 4.84. The van der Waals surface area contributed by atoms with E-state index in [1.807, 2.05) is 85.8 Å². The topological polar surface area (TPSA) is 58.6 Å². The van der Waals surface area contributed by atoms with Gasteiger partial charge in [0.25, 0.3) is 0 Å². The molecule has 36 heavy (non-hydrogen) atoms. The van der Waals surface area contributed by atoms with Crippen LogP contribution in [-0.2, 0) is 16.2 Å². The first kappa shape index (κ1) is 23.9. The van der Waals surface area contributed by atoms with Crippen LogP contribution in [0.2, 0.25) is 0 Å². The number of para-hydroxylation sites is 3. The number of anilines is 2. The Balaban J connectivity index is 1.69. The van der Waals surface area contributed by atoms with E-state index in [-0.39, 0.29) is 17.1 Å². The number of ketones is 1. The average molecular weight is 481 g/mol. The SMILES string of the molecule is CCC(=O)N1c2ccccc2NC2=C(C(=O)CC(C)(C)C2)[C@@H]1c1ccccc1OCc1ccccc1. The molecule has 2 aliphatic rings. The highest BCUT2D eigenvalue weighted by atomic mass is 16.5. The lowest BCUT2D eigenvalue weighted by Crippen LogP contribution is -2.39. The van der Waals surface area contributed by atoms with Crippen molar-refractivity contribution in [2.24, 2.45) is 5.41 Å². The summed E-state index contributed by atoms with van der Waals surface area (Å²) in [6.07, 6.45) is 1.47. The number of carbonyl (C=O) groups excluding carboxylic acids is 2. The van der Waals surface area contributed by atoms with Gasteiger partial charge < -0.3 is 10.1 Å². The Morgan fingerprint density at radius 2 is 1.67 bits per heavy atom. The molecule has 5 nitrogen and oxygen atoms in total. The minimum absolute atomic E-state index is 0.0431. The van der Waals surface area contributed by atoms with Gasteiger partial charge in [0.15, 0.2) is 5.78 Å². The normalized spacial score (nSPS) is 18.6. The van der Waals surface area contributed by atoms with Crippen LogP contribution in [0.1, 0.15) is 57.2 Å². The van der Waals surface area contributed by atoms with Gasteiger partial charge >= 0.3 is 0 Å². The Bertz CT molecular complexity index is 1330. The van der Waals surface area contributed by atoms with Crippen LogP contribution in [0.5, 0.6) is 5.75 Å². The van der Waals surface area contributed by atoms with Crippen molar-refractivity contribution < 1.29 is 14.3 Å². The summed E-state index contributed by atoms with van der Waals surface area (Å²) in [7, 11) is 0. The predicted octanol–water partition coefficient (Wildman–Crippen LogP) is 6.82. The Labute approximate surface area is 212 Å².